The zero-order valence-corrected chi connectivity index (χ0v) is 18.3. The molecule has 0 spiro atoms. The molecule has 0 fully saturated rings. The summed E-state index contributed by atoms with van der Waals surface area (Å²) in [4.78, 5) is 31.3. The van der Waals surface area contributed by atoms with Gasteiger partial charge in [-0.3, -0.25) is 10.1 Å². The van der Waals surface area contributed by atoms with Gasteiger partial charge in [0.1, 0.15) is 6.33 Å². The second-order valence-corrected chi connectivity index (χ2v) is 7.79. The van der Waals surface area contributed by atoms with E-state index in [9.17, 15) is 14.9 Å². The fourth-order valence-corrected chi connectivity index (χ4v) is 2.84. The molecule has 2 N–H and O–H groups in total. The number of nitrogens with one attached hydrogen (secondary N) is 2. The summed E-state index contributed by atoms with van der Waals surface area (Å²) in [6.07, 6.45) is 1.23. The van der Waals surface area contributed by atoms with Gasteiger partial charge < -0.3 is 15.4 Å². The smallest absolute Gasteiger partial charge is 0.353 e. The fraction of sp³-hybridized carbons (Fsp3) is 0.227. The minimum absolute atomic E-state index is 0.0266. The SMILES string of the molecule is CC(C)COC(=O)c1ccc(Nc2ncnc(NCc3ccc(Cl)cc3)c2[N+](=O)[O-])cc1. The molecule has 0 atom stereocenters. The molecular formula is C22H22ClN5O4. The van der Waals surface area contributed by atoms with Crippen molar-refractivity contribution in [3.63, 3.8) is 0 Å². The predicted octanol–water partition coefficient (Wildman–Crippen LogP) is 5.21. The summed E-state index contributed by atoms with van der Waals surface area (Å²) in [6, 6.07) is 13.5. The van der Waals surface area contributed by atoms with Gasteiger partial charge in [0.05, 0.1) is 17.1 Å². The number of rotatable bonds is 9. The molecule has 0 aliphatic carbocycles. The van der Waals surface area contributed by atoms with Crippen molar-refractivity contribution < 1.29 is 14.5 Å². The summed E-state index contributed by atoms with van der Waals surface area (Å²) in [6.45, 7) is 4.56. The van der Waals surface area contributed by atoms with Gasteiger partial charge in [-0.2, -0.15) is 0 Å². The molecule has 1 aromatic heterocycles. The lowest BCUT2D eigenvalue weighted by Gasteiger charge is -2.11. The zero-order chi connectivity index (χ0) is 23.1. The standard InChI is InChI=1S/C22H22ClN5O4/c1-14(2)12-32-22(29)16-5-9-18(10-6-16)27-21-19(28(30)31)20(25-13-26-21)24-11-15-3-7-17(23)8-4-15/h3-10,13-14H,11-12H2,1-2H3,(H2,24,25,26,27). The minimum atomic E-state index is -0.551. The number of anilines is 3. The van der Waals surface area contributed by atoms with Crippen LogP contribution < -0.4 is 10.6 Å². The molecule has 9 nitrogen and oxygen atoms in total. The van der Waals surface area contributed by atoms with Gasteiger partial charge in [-0.25, -0.2) is 14.8 Å². The summed E-state index contributed by atoms with van der Waals surface area (Å²) in [7, 11) is 0. The van der Waals surface area contributed by atoms with E-state index in [-0.39, 0.29) is 23.2 Å². The average Bonchev–Trinajstić information content (AvgIpc) is 2.77. The van der Waals surface area contributed by atoms with Crippen LogP contribution in [0.4, 0.5) is 23.0 Å². The number of benzene rings is 2. The minimum Gasteiger partial charge on any atom is -0.462 e. The Morgan fingerprint density at radius 2 is 1.75 bits per heavy atom. The van der Waals surface area contributed by atoms with Crippen LogP contribution in [-0.2, 0) is 11.3 Å². The first kappa shape index (κ1) is 23.0. The van der Waals surface area contributed by atoms with E-state index in [1.165, 1.54) is 6.33 Å². The molecule has 0 aliphatic heterocycles. The predicted molar refractivity (Wildman–Crippen MR) is 122 cm³/mol. The summed E-state index contributed by atoms with van der Waals surface area (Å²) in [5.41, 5.74) is 1.51. The number of esters is 1. The second-order valence-electron chi connectivity index (χ2n) is 7.35. The van der Waals surface area contributed by atoms with Crippen molar-refractivity contribution in [2.24, 2.45) is 5.92 Å². The van der Waals surface area contributed by atoms with Crippen LogP contribution in [0.1, 0.15) is 29.8 Å². The molecule has 0 radical (unpaired) electrons. The number of nitro groups is 1. The fourth-order valence-electron chi connectivity index (χ4n) is 2.71. The Hall–Kier alpha value is -3.72. The highest BCUT2D eigenvalue weighted by atomic mass is 35.5. The van der Waals surface area contributed by atoms with E-state index in [0.717, 1.165) is 5.56 Å². The van der Waals surface area contributed by atoms with Crippen molar-refractivity contribution in [2.75, 3.05) is 17.2 Å². The van der Waals surface area contributed by atoms with Gasteiger partial charge in [0.25, 0.3) is 0 Å². The van der Waals surface area contributed by atoms with Crippen LogP contribution in [0, 0.1) is 16.0 Å². The van der Waals surface area contributed by atoms with Crippen molar-refractivity contribution in [1.29, 1.82) is 0 Å². The molecule has 32 heavy (non-hydrogen) atoms. The van der Waals surface area contributed by atoms with E-state index in [0.29, 0.717) is 29.4 Å². The van der Waals surface area contributed by atoms with E-state index in [2.05, 4.69) is 20.6 Å². The van der Waals surface area contributed by atoms with Crippen LogP contribution in [0.25, 0.3) is 0 Å². The van der Waals surface area contributed by atoms with E-state index in [1.54, 1.807) is 36.4 Å². The van der Waals surface area contributed by atoms with E-state index >= 15 is 0 Å². The normalized spacial score (nSPS) is 10.6. The molecule has 3 rings (SSSR count). The highest BCUT2D eigenvalue weighted by Crippen LogP contribution is 2.31. The molecule has 10 heteroatoms. The number of halogens is 1. The lowest BCUT2D eigenvalue weighted by atomic mass is 10.2. The second kappa shape index (κ2) is 10.5. The summed E-state index contributed by atoms with van der Waals surface area (Å²) < 4.78 is 5.20. The highest BCUT2D eigenvalue weighted by Gasteiger charge is 2.23. The summed E-state index contributed by atoms with van der Waals surface area (Å²) in [5, 5.41) is 18.2. The van der Waals surface area contributed by atoms with Gasteiger partial charge in [-0.1, -0.05) is 37.6 Å². The van der Waals surface area contributed by atoms with Gasteiger partial charge in [0.15, 0.2) is 0 Å². The molecule has 0 saturated carbocycles. The van der Waals surface area contributed by atoms with Crippen molar-refractivity contribution in [3.05, 3.63) is 81.1 Å². The molecule has 0 amide bonds. The first-order valence-electron chi connectivity index (χ1n) is 9.85. The third kappa shape index (κ3) is 6.14. The molecule has 3 aromatic rings. The van der Waals surface area contributed by atoms with E-state index in [4.69, 9.17) is 16.3 Å². The third-order valence-electron chi connectivity index (χ3n) is 4.31. The molecule has 1 heterocycles. The molecular weight excluding hydrogens is 434 g/mol. The first-order chi connectivity index (χ1) is 15.3. The van der Waals surface area contributed by atoms with Gasteiger partial charge in [0, 0.05) is 17.3 Å². The lowest BCUT2D eigenvalue weighted by molar-refractivity contribution is -0.383. The van der Waals surface area contributed by atoms with E-state index in [1.807, 2.05) is 26.0 Å². The Morgan fingerprint density at radius 3 is 2.38 bits per heavy atom. The maximum atomic E-state index is 12.0. The van der Waals surface area contributed by atoms with Crippen LogP contribution in [0.3, 0.4) is 0 Å². The molecule has 0 saturated heterocycles. The van der Waals surface area contributed by atoms with Crippen LogP contribution in [0.2, 0.25) is 5.02 Å². The van der Waals surface area contributed by atoms with Crippen LogP contribution in [0.15, 0.2) is 54.9 Å². The van der Waals surface area contributed by atoms with E-state index < -0.39 is 10.9 Å². The van der Waals surface area contributed by atoms with Gasteiger partial charge in [0.2, 0.25) is 11.6 Å². The van der Waals surface area contributed by atoms with Crippen molar-refractivity contribution >= 4 is 40.6 Å². The maximum Gasteiger partial charge on any atom is 0.353 e. The summed E-state index contributed by atoms with van der Waals surface area (Å²) in [5.74, 6) is -0.0808. The Balaban J connectivity index is 1.74. The molecule has 166 valence electrons. The first-order valence-corrected chi connectivity index (χ1v) is 10.2. The molecule has 2 aromatic carbocycles. The largest absolute Gasteiger partial charge is 0.462 e. The quantitative estimate of drug-likeness (QED) is 0.256. The Morgan fingerprint density at radius 1 is 1.09 bits per heavy atom. The topological polar surface area (TPSA) is 119 Å². The Labute approximate surface area is 190 Å². The van der Waals surface area contributed by atoms with Gasteiger partial charge in [-0.05, 0) is 47.9 Å². The van der Waals surface area contributed by atoms with Crippen molar-refractivity contribution in [3.8, 4) is 0 Å². The monoisotopic (exact) mass is 455 g/mol. The summed E-state index contributed by atoms with van der Waals surface area (Å²) >= 11 is 5.88. The number of aromatic nitrogens is 2. The van der Waals surface area contributed by atoms with Crippen LogP contribution in [-0.4, -0.2) is 27.5 Å². The molecule has 0 unspecified atom stereocenters. The van der Waals surface area contributed by atoms with Crippen molar-refractivity contribution in [2.45, 2.75) is 20.4 Å². The average molecular weight is 456 g/mol. The number of carbonyl (C=O) groups excluding carboxylic acids is 1. The van der Waals surface area contributed by atoms with Crippen LogP contribution in [0.5, 0.6) is 0 Å². The van der Waals surface area contributed by atoms with Gasteiger partial charge >= 0.3 is 11.7 Å². The Kier molecular flexibility index (Phi) is 7.56. The number of ether oxygens (including phenoxy) is 1. The number of hydrogen-bond acceptors (Lipinski definition) is 8. The maximum absolute atomic E-state index is 12.0. The number of nitrogens with zero attached hydrogens (tertiary/aromatic N) is 3. The highest BCUT2D eigenvalue weighted by molar-refractivity contribution is 6.30. The molecule has 0 aliphatic rings. The zero-order valence-electron chi connectivity index (χ0n) is 17.5. The number of hydrogen-bond donors (Lipinski definition) is 2. The number of carbonyl (C=O) groups is 1. The van der Waals surface area contributed by atoms with Crippen molar-refractivity contribution in [1.82, 2.24) is 9.97 Å². The molecule has 0 bridgehead atoms. The lowest BCUT2D eigenvalue weighted by Crippen LogP contribution is -2.10. The van der Waals surface area contributed by atoms with Crippen LogP contribution >= 0.6 is 11.6 Å². The van der Waals surface area contributed by atoms with Gasteiger partial charge in [-0.15, -0.1) is 0 Å². The third-order valence-corrected chi connectivity index (χ3v) is 4.56. The Bertz CT molecular complexity index is 1090.